The highest BCUT2D eigenvalue weighted by molar-refractivity contribution is 5.84. The van der Waals surface area contributed by atoms with Gasteiger partial charge in [-0.2, -0.15) is 0 Å². The van der Waals surface area contributed by atoms with Crippen molar-refractivity contribution in [3.8, 4) is 0 Å². The van der Waals surface area contributed by atoms with Gasteiger partial charge in [0.1, 0.15) is 0 Å². The van der Waals surface area contributed by atoms with Crippen LogP contribution < -0.4 is 11.1 Å². The average Bonchev–Trinajstić information content (AvgIpc) is 2.42. The summed E-state index contributed by atoms with van der Waals surface area (Å²) in [5.41, 5.74) is 5.18. The molecule has 1 saturated heterocycles. The summed E-state index contributed by atoms with van der Waals surface area (Å²) in [6.07, 6.45) is 4.17. The van der Waals surface area contributed by atoms with Crippen LogP contribution in [0.15, 0.2) is 0 Å². The van der Waals surface area contributed by atoms with Gasteiger partial charge in [0.2, 0.25) is 5.91 Å². The normalized spacial score (nSPS) is 39.6. The fourth-order valence-corrected chi connectivity index (χ4v) is 3.78. The quantitative estimate of drug-likeness (QED) is 0.803. The summed E-state index contributed by atoms with van der Waals surface area (Å²) < 4.78 is 5.71. The Labute approximate surface area is 122 Å². The summed E-state index contributed by atoms with van der Waals surface area (Å²) in [7, 11) is 0. The molecule has 0 aromatic heterocycles. The molecule has 116 valence electrons. The fourth-order valence-electron chi connectivity index (χ4n) is 3.78. The third kappa shape index (κ3) is 3.15. The van der Waals surface area contributed by atoms with E-state index in [0.29, 0.717) is 12.1 Å². The lowest BCUT2D eigenvalue weighted by atomic mass is 9.77. The van der Waals surface area contributed by atoms with Crippen LogP contribution in [0.3, 0.4) is 0 Å². The standard InChI is InChI=1S/C15H29N3O2/c1-4-17-15(14(16)19)7-5-6-13(8-15)18-9-12(3)20-10-11(18)2/h11-13,17H,4-10H2,1-3H3,(H2,16,19). The van der Waals surface area contributed by atoms with E-state index in [1.807, 2.05) is 6.92 Å². The van der Waals surface area contributed by atoms with E-state index >= 15 is 0 Å². The van der Waals surface area contributed by atoms with Crippen molar-refractivity contribution in [2.24, 2.45) is 5.73 Å². The predicted molar refractivity (Wildman–Crippen MR) is 79.4 cm³/mol. The maximum atomic E-state index is 12.0. The molecule has 0 bridgehead atoms. The molecule has 4 unspecified atom stereocenters. The molecule has 0 aromatic rings. The van der Waals surface area contributed by atoms with Gasteiger partial charge in [0.05, 0.1) is 18.2 Å². The van der Waals surface area contributed by atoms with Crippen molar-refractivity contribution in [1.82, 2.24) is 10.2 Å². The van der Waals surface area contributed by atoms with E-state index in [4.69, 9.17) is 10.5 Å². The monoisotopic (exact) mass is 283 g/mol. The van der Waals surface area contributed by atoms with Crippen molar-refractivity contribution < 1.29 is 9.53 Å². The van der Waals surface area contributed by atoms with Gasteiger partial charge < -0.3 is 15.8 Å². The van der Waals surface area contributed by atoms with E-state index in [-0.39, 0.29) is 12.0 Å². The lowest BCUT2D eigenvalue weighted by Crippen LogP contribution is -2.62. The maximum Gasteiger partial charge on any atom is 0.237 e. The third-order valence-corrected chi connectivity index (χ3v) is 4.84. The Morgan fingerprint density at radius 2 is 2.25 bits per heavy atom. The Morgan fingerprint density at radius 1 is 1.50 bits per heavy atom. The van der Waals surface area contributed by atoms with Gasteiger partial charge in [-0.15, -0.1) is 0 Å². The molecule has 2 rings (SSSR count). The summed E-state index contributed by atoms with van der Waals surface area (Å²) in [6.45, 7) is 8.88. The molecular weight excluding hydrogens is 254 g/mol. The van der Waals surface area contributed by atoms with E-state index in [2.05, 4.69) is 24.1 Å². The summed E-state index contributed by atoms with van der Waals surface area (Å²) in [5, 5.41) is 3.36. The molecule has 1 aliphatic carbocycles. The molecular formula is C15H29N3O2. The van der Waals surface area contributed by atoms with Crippen LogP contribution in [-0.4, -0.2) is 54.2 Å². The molecule has 4 atom stereocenters. The van der Waals surface area contributed by atoms with E-state index in [0.717, 1.165) is 45.4 Å². The zero-order valence-corrected chi connectivity index (χ0v) is 13.0. The fraction of sp³-hybridized carbons (Fsp3) is 0.933. The van der Waals surface area contributed by atoms with Crippen LogP contribution in [-0.2, 0) is 9.53 Å². The Hall–Kier alpha value is -0.650. The first-order valence-electron chi connectivity index (χ1n) is 7.91. The largest absolute Gasteiger partial charge is 0.376 e. The second-order valence-corrected chi connectivity index (χ2v) is 6.42. The number of nitrogens with zero attached hydrogens (tertiary/aromatic N) is 1. The number of ether oxygens (including phenoxy) is 1. The van der Waals surface area contributed by atoms with Crippen LogP contribution in [0.5, 0.6) is 0 Å². The molecule has 1 amide bonds. The number of amides is 1. The number of rotatable bonds is 4. The first-order chi connectivity index (χ1) is 9.48. The van der Waals surface area contributed by atoms with E-state index < -0.39 is 5.54 Å². The topological polar surface area (TPSA) is 67.6 Å². The molecule has 0 aromatic carbocycles. The summed E-state index contributed by atoms with van der Waals surface area (Å²) in [5.74, 6) is -0.196. The molecule has 3 N–H and O–H groups in total. The van der Waals surface area contributed by atoms with Gasteiger partial charge in [-0.25, -0.2) is 0 Å². The summed E-state index contributed by atoms with van der Waals surface area (Å²) in [6, 6.07) is 0.846. The van der Waals surface area contributed by atoms with Gasteiger partial charge in [0.15, 0.2) is 0 Å². The molecule has 0 spiro atoms. The minimum absolute atomic E-state index is 0.196. The lowest BCUT2D eigenvalue weighted by Gasteiger charge is -2.48. The highest BCUT2D eigenvalue weighted by Crippen LogP contribution is 2.33. The van der Waals surface area contributed by atoms with Crippen molar-refractivity contribution in [3.05, 3.63) is 0 Å². The second kappa shape index (κ2) is 6.41. The van der Waals surface area contributed by atoms with Gasteiger partial charge in [0.25, 0.3) is 0 Å². The molecule has 0 radical (unpaired) electrons. The first-order valence-corrected chi connectivity index (χ1v) is 7.91. The molecule has 1 aliphatic heterocycles. The van der Waals surface area contributed by atoms with Crippen LogP contribution in [0.25, 0.3) is 0 Å². The molecule has 1 heterocycles. The maximum absolute atomic E-state index is 12.0. The molecule has 1 saturated carbocycles. The van der Waals surface area contributed by atoms with Crippen LogP contribution in [0.2, 0.25) is 0 Å². The van der Waals surface area contributed by atoms with Crippen LogP contribution >= 0.6 is 0 Å². The summed E-state index contributed by atoms with van der Waals surface area (Å²) >= 11 is 0. The smallest absolute Gasteiger partial charge is 0.237 e. The molecule has 2 aliphatic rings. The number of primary amides is 1. The first kappa shape index (κ1) is 15.7. The number of hydrogen-bond donors (Lipinski definition) is 2. The number of likely N-dealkylation sites (N-methyl/N-ethyl adjacent to an activating group) is 1. The minimum atomic E-state index is -0.515. The Balaban J connectivity index is 2.10. The molecule has 5 nitrogen and oxygen atoms in total. The SMILES string of the molecule is CCNC1(C(N)=O)CCCC(N2CC(C)OCC2C)C1. The molecule has 5 heteroatoms. The molecule has 20 heavy (non-hydrogen) atoms. The van der Waals surface area contributed by atoms with Gasteiger partial charge in [-0.3, -0.25) is 9.69 Å². The minimum Gasteiger partial charge on any atom is -0.376 e. The number of carbonyl (C=O) groups excluding carboxylic acids is 1. The predicted octanol–water partition coefficient (Wildman–Crippen LogP) is 0.872. The number of hydrogen-bond acceptors (Lipinski definition) is 4. The van der Waals surface area contributed by atoms with E-state index in [1.54, 1.807) is 0 Å². The summed E-state index contributed by atoms with van der Waals surface area (Å²) in [4.78, 5) is 14.5. The highest BCUT2D eigenvalue weighted by atomic mass is 16.5. The van der Waals surface area contributed by atoms with E-state index in [9.17, 15) is 4.79 Å². The number of nitrogens with two attached hydrogens (primary N) is 1. The van der Waals surface area contributed by atoms with E-state index in [1.165, 1.54) is 0 Å². The average molecular weight is 283 g/mol. The zero-order valence-electron chi connectivity index (χ0n) is 13.0. The Kier molecular flexibility index (Phi) is 5.04. The Morgan fingerprint density at radius 3 is 2.90 bits per heavy atom. The second-order valence-electron chi connectivity index (χ2n) is 6.42. The lowest BCUT2D eigenvalue weighted by molar-refractivity contribution is -0.128. The zero-order chi connectivity index (χ0) is 14.8. The van der Waals surface area contributed by atoms with Crippen LogP contribution in [0.1, 0.15) is 46.5 Å². The van der Waals surface area contributed by atoms with Gasteiger partial charge >= 0.3 is 0 Å². The highest BCUT2D eigenvalue weighted by Gasteiger charge is 2.43. The number of nitrogens with one attached hydrogen (secondary N) is 1. The number of morpholine rings is 1. The van der Waals surface area contributed by atoms with Gasteiger partial charge in [-0.05, 0) is 46.1 Å². The van der Waals surface area contributed by atoms with Crippen LogP contribution in [0.4, 0.5) is 0 Å². The molecule has 2 fully saturated rings. The van der Waals surface area contributed by atoms with Crippen molar-refractivity contribution >= 4 is 5.91 Å². The third-order valence-electron chi connectivity index (χ3n) is 4.84. The van der Waals surface area contributed by atoms with Gasteiger partial charge in [0, 0.05) is 18.6 Å². The Bertz CT molecular complexity index is 346. The van der Waals surface area contributed by atoms with Crippen molar-refractivity contribution in [2.75, 3.05) is 19.7 Å². The van der Waals surface area contributed by atoms with Crippen molar-refractivity contribution in [2.45, 2.75) is 70.2 Å². The van der Waals surface area contributed by atoms with Crippen molar-refractivity contribution in [3.63, 3.8) is 0 Å². The van der Waals surface area contributed by atoms with Crippen molar-refractivity contribution in [1.29, 1.82) is 0 Å². The number of carbonyl (C=O) groups is 1. The van der Waals surface area contributed by atoms with Crippen LogP contribution in [0, 0.1) is 0 Å². The van der Waals surface area contributed by atoms with Gasteiger partial charge in [-0.1, -0.05) is 6.92 Å².